The first kappa shape index (κ1) is 32.4. The first-order valence-electron chi connectivity index (χ1n) is 12.4. The van der Waals surface area contributed by atoms with E-state index in [4.69, 9.17) is 10.5 Å². The summed E-state index contributed by atoms with van der Waals surface area (Å²) in [6.07, 6.45) is 8.26. The fourth-order valence-electron chi connectivity index (χ4n) is 4.12. The van der Waals surface area contributed by atoms with Crippen LogP contribution in [0.25, 0.3) is 0 Å². The first-order chi connectivity index (χ1) is 15.3. The molecule has 0 amide bonds. The third kappa shape index (κ3) is 11.6. The largest absolute Gasteiger partial charge is 0.412 e. The van der Waals surface area contributed by atoms with Gasteiger partial charge < -0.3 is 46.6 Å². The molecule has 198 valence electrons. The second-order valence-corrected chi connectivity index (χ2v) is 9.10. The van der Waals surface area contributed by atoms with Crippen molar-refractivity contribution >= 4 is 0 Å². The number of unbranched alkanes of at least 4 members (excludes halogenated alkanes) is 11. The van der Waals surface area contributed by atoms with Crippen molar-refractivity contribution in [2.45, 2.75) is 133 Å². The van der Waals surface area contributed by atoms with Gasteiger partial charge in [0.1, 0.15) is 36.6 Å². The molecule has 0 bridgehead atoms. The fraction of sp³-hybridized carbons (Fsp3) is 0.917. The Morgan fingerprint density at radius 1 is 0.818 bits per heavy atom. The van der Waals surface area contributed by atoms with E-state index in [9.17, 15) is 30.6 Å². The smallest absolute Gasteiger partial charge is 0.114 e. The molecule has 1 heterocycles. The van der Waals surface area contributed by atoms with E-state index in [-0.39, 0.29) is 5.48 Å². The van der Waals surface area contributed by atoms with Crippen molar-refractivity contribution < 1.29 is 40.9 Å². The topological polar surface area (TPSA) is 188 Å². The van der Waals surface area contributed by atoms with Crippen molar-refractivity contribution in [2.24, 2.45) is 5.73 Å². The molecule has 1 rings (SSSR count). The summed E-state index contributed by atoms with van der Waals surface area (Å²) in [6, 6.07) is -1.16. The van der Waals surface area contributed by atoms with E-state index in [1.54, 1.807) is 0 Å². The highest BCUT2D eigenvalue weighted by atomic mass is 16.6. The van der Waals surface area contributed by atoms with Gasteiger partial charge in [0.2, 0.25) is 0 Å². The molecule has 0 radical (unpaired) electrons. The van der Waals surface area contributed by atoms with E-state index in [0.717, 1.165) is 19.3 Å². The van der Waals surface area contributed by atoms with Crippen LogP contribution in [-0.2, 0) is 4.74 Å². The van der Waals surface area contributed by atoms with Crippen LogP contribution in [-0.4, -0.2) is 91.5 Å². The van der Waals surface area contributed by atoms with Gasteiger partial charge in [0.25, 0.3) is 0 Å². The molecule has 9 heteroatoms. The minimum Gasteiger partial charge on any atom is -0.412 e. The molecule has 0 saturated carbocycles. The Morgan fingerprint density at radius 2 is 1.33 bits per heavy atom. The number of rotatable bonds is 17. The number of hydrogen-bond acceptors (Lipinski definition) is 8. The summed E-state index contributed by atoms with van der Waals surface area (Å²) in [5.41, 5.74) is 5.92. The Hall–Kier alpha value is -0.620. The fourth-order valence-corrected chi connectivity index (χ4v) is 4.12. The van der Waals surface area contributed by atoms with Gasteiger partial charge in [-0.05, 0) is 12.8 Å². The van der Waals surface area contributed by atoms with Gasteiger partial charge in [0.15, 0.2) is 0 Å². The summed E-state index contributed by atoms with van der Waals surface area (Å²) in [5, 5.41) is 59.7. The molecule has 0 aliphatic carbocycles. The van der Waals surface area contributed by atoms with Gasteiger partial charge in [-0.1, -0.05) is 83.3 Å². The summed E-state index contributed by atoms with van der Waals surface area (Å²) >= 11 is 0. The standard InChI is InChI=1S/C24H47NO7.H2O/c1-2-3-4-5-6-7-8-9-10-11-12-13-14-15-17(27)19(25)21(29)24-23(31)22(30)20(28)18(16-26)32-24;/h14-15,17-24,26-31H,2-13,16,25H2,1H3;1H2/b15-14+;/t17-,18-,19-,20+,21?,22+,23-,24?;/m1./s1. The third-order valence-corrected chi connectivity index (χ3v) is 6.36. The van der Waals surface area contributed by atoms with E-state index in [1.165, 1.54) is 63.9 Å². The van der Waals surface area contributed by atoms with E-state index in [1.807, 2.05) is 6.08 Å². The summed E-state index contributed by atoms with van der Waals surface area (Å²) in [4.78, 5) is 0. The number of ether oxygens (including phenoxy) is 1. The zero-order valence-electron chi connectivity index (χ0n) is 20.1. The Labute approximate surface area is 198 Å². The van der Waals surface area contributed by atoms with Gasteiger partial charge in [-0.2, -0.15) is 0 Å². The monoisotopic (exact) mass is 479 g/mol. The van der Waals surface area contributed by atoms with Crippen molar-refractivity contribution in [2.75, 3.05) is 6.61 Å². The average Bonchev–Trinajstić information content (AvgIpc) is 2.79. The molecule has 10 N–H and O–H groups in total. The van der Waals surface area contributed by atoms with Crippen molar-refractivity contribution in [3.63, 3.8) is 0 Å². The zero-order valence-corrected chi connectivity index (χ0v) is 20.1. The molecule has 0 aromatic rings. The predicted molar refractivity (Wildman–Crippen MR) is 128 cm³/mol. The number of hydrogen-bond donors (Lipinski definition) is 7. The van der Waals surface area contributed by atoms with Crippen LogP contribution in [0.1, 0.15) is 84.0 Å². The van der Waals surface area contributed by atoms with Crippen LogP contribution >= 0.6 is 0 Å². The molecule has 1 aliphatic heterocycles. The van der Waals surface area contributed by atoms with Crippen LogP contribution < -0.4 is 5.73 Å². The van der Waals surface area contributed by atoms with E-state index >= 15 is 0 Å². The average molecular weight is 480 g/mol. The number of nitrogens with two attached hydrogens (primary N) is 1. The van der Waals surface area contributed by atoms with E-state index in [0.29, 0.717) is 0 Å². The van der Waals surface area contributed by atoms with E-state index < -0.39 is 55.4 Å². The van der Waals surface area contributed by atoms with Crippen LogP contribution in [0, 0.1) is 0 Å². The van der Waals surface area contributed by atoms with Gasteiger partial charge in [-0.15, -0.1) is 0 Å². The highest BCUT2D eigenvalue weighted by Gasteiger charge is 2.47. The molecule has 0 aromatic carbocycles. The summed E-state index contributed by atoms with van der Waals surface area (Å²) in [7, 11) is 0. The Balaban J connectivity index is 0.0000102. The third-order valence-electron chi connectivity index (χ3n) is 6.36. The quantitative estimate of drug-likeness (QED) is 0.115. The molecule has 2 unspecified atom stereocenters. The van der Waals surface area contributed by atoms with Crippen molar-refractivity contribution in [3.05, 3.63) is 12.2 Å². The van der Waals surface area contributed by atoms with E-state index in [2.05, 4.69) is 6.92 Å². The normalized spacial score (nSPS) is 28.4. The Kier molecular flexibility index (Phi) is 18.3. The summed E-state index contributed by atoms with van der Waals surface area (Å²) in [6.45, 7) is 1.64. The van der Waals surface area contributed by atoms with Gasteiger partial charge in [0, 0.05) is 0 Å². The van der Waals surface area contributed by atoms with Crippen LogP contribution in [0.5, 0.6) is 0 Å². The Bertz CT molecular complexity index is 493. The SMILES string of the molecule is CCCCCCCCCCCCC/C=C/[C@@H](O)[C@@H](N)C(O)C1O[C@H](CO)[C@H](O)[C@H](O)[C@H]1O.O. The molecular weight excluding hydrogens is 430 g/mol. The molecule has 33 heavy (non-hydrogen) atoms. The van der Waals surface area contributed by atoms with Crippen molar-refractivity contribution in [1.29, 1.82) is 0 Å². The maximum absolute atomic E-state index is 10.4. The second-order valence-electron chi connectivity index (χ2n) is 9.10. The van der Waals surface area contributed by atoms with Gasteiger partial charge in [-0.3, -0.25) is 0 Å². The molecule has 0 aromatic heterocycles. The molecular formula is C24H49NO8. The van der Waals surface area contributed by atoms with Crippen molar-refractivity contribution in [3.8, 4) is 0 Å². The van der Waals surface area contributed by atoms with Crippen LogP contribution in [0.15, 0.2) is 12.2 Å². The van der Waals surface area contributed by atoms with Crippen LogP contribution in [0.2, 0.25) is 0 Å². The lowest BCUT2D eigenvalue weighted by molar-refractivity contribution is -0.252. The Morgan fingerprint density at radius 3 is 1.85 bits per heavy atom. The molecule has 8 atom stereocenters. The molecule has 9 nitrogen and oxygen atoms in total. The molecule has 1 aliphatic rings. The van der Waals surface area contributed by atoms with Crippen LogP contribution in [0.3, 0.4) is 0 Å². The predicted octanol–water partition coefficient (Wildman–Crippen LogP) is 0.311. The minimum absolute atomic E-state index is 0. The maximum atomic E-state index is 10.4. The van der Waals surface area contributed by atoms with Crippen molar-refractivity contribution in [1.82, 2.24) is 0 Å². The number of aliphatic hydroxyl groups is 6. The van der Waals surface area contributed by atoms with Gasteiger partial charge in [-0.25, -0.2) is 0 Å². The maximum Gasteiger partial charge on any atom is 0.114 e. The first-order valence-corrected chi connectivity index (χ1v) is 12.4. The lowest BCUT2D eigenvalue weighted by atomic mass is 9.88. The summed E-state index contributed by atoms with van der Waals surface area (Å²) in [5.74, 6) is 0. The number of allylic oxidation sites excluding steroid dienone is 1. The highest BCUT2D eigenvalue weighted by Crippen LogP contribution is 2.25. The van der Waals surface area contributed by atoms with Crippen LogP contribution in [0.4, 0.5) is 0 Å². The van der Waals surface area contributed by atoms with Gasteiger partial charge >= 0.3 is 0 Å². The number of aliphatic hydroxyl groups excluding tert-OH is 6. The summed E-state index contributed by atoms with van der Waals surface area (Å²) < 4.78 is 5.31. The lowest BCUT2D eigenvalue weighted by Crippen LogP contribution is -2.64. The lowest BCUT2D eigenvalue weighted by Gasteiger charge is -2.43. The molecule has 1 fully saturated rings. The minimum atomic E-state index is -1.60. The molecule has 0 spiro atoms. The van der Waals surface area contributed by atoms with Gasteiger partial charge in [0.05, 0.1) is 18.8 Å². The zero-order chi connectivity index (χ0) is 23.9. The second kappa shape index (κ2) is 18.7. The highest BCUT2D eigenvalue weighted by molar-refractivity contribution is 5.02. The molecule has 1 saturated heterocycles.